The van der Waals surface area contributed by atoms with Crippen molar-refractivity contribution in [1.29, 1.82) is 0 Å². The third-order valence-corrected chi connectivity index (χ3v) is 5.65. The van der Waals surface area contributed by atoms with Gasteiger partial charge in [0.15, 0.2) is 11.0 Å². The van der Waals surface area contributed by atoms with Crippen LogP contribution in [0.3, 0.4) is 0 Å². The van der Waals surface area contributed by atoms with Crippen molar-refractivity contribution in [3.8, 4) is 22.9 Å². The van der Waals surface area contributed by atoms with Crippen LogP contribution in [0.1, 0.15) is 12.5 Å². The molecule has 0 aliphatic heterocycles. The first-order valence-electron chi connectivity index (χ1n) is 9.31. The van der Waals surface area contributed by atoms with Gasteiger partial charge in [0.05, 0.1) is 30.7 Å². The number of ether oxygens (including phenoxy) is 2. The Labute approximate surface area is 184 Å². The molecule has 0 aliphatic rings. The summed E-state index contributed by atoms with van der Waals surface area (Å²) in [7, 11) is 3.04. The maximum atomic E-state index is 12.5. The highest BCUT2D eigenvalue weighted by molar-refractivity contribution is 7.99. The molecule has 0 aliphatic carbocycles. The number of aromatic nitrogens is 3. The van der Waals surface area contributed by atoms with Crippen LogP contribution in [-0.4, -0.2) is 40.6 Å². The average molecular weight is 447 g/mol. The highest BCUT2D eigenvalue weighted by atomic mass is 35.5. The van der Waals surface area contributed by atoms with Crippen molar-refractivity contribution in [3.63, 3.8) is 0 Å². The van der Waals surface area contributed by atoms with Crippen molar-refractivity contribution in [3.05, 3.63) is 47.0 Å². The van der Waals surface area contributed by atoms with E-state index in [9.17, 15) is 4.79 Å². The van der Waals surface area contributed by atoms with Crippen LogP contribution in [0.4, 0.5) is 5.69 Å². The number of carbonyl (C=O) groups excluding carboxylic acids is 1. The summed E-state index contributed by atoms with van der Waals surface area (Å²) < 4.78 is 12.5. The Kier molecular flexibility index (Phi) is 7.23. The van der Waals surface area contributed by atoms with E-state index in [1.807, 2.05) is 36.6 Å². The minimum Gasteiger partial charge on any atom is -0.495 e. The van der Waals surface area contributed by atoms with Crippen molar-refractivity contribution in [2.75, 3.05) is 25.3 Å². The number of amides is 1. The maximum Gasteiger partial charge on any atom is 0.234 e. The lowest BCUT2D eigenvalue weighted by Crippen LogP contribution is -2.15. The van der Waals surface area contributed by atoms with Gasteiger partial charge in [-0.05, 0) is 26.0 Å². The number of halogens is 1. The van der Waals surface area contributed by atoms with Crippen LogP contribution in [0.5, 0.6) is 11.5 Å². The molecule has 7 nitrogen and oxygen atoms in total. The molecule has 158 valence electrons. The third kappa shape index (κ3) is 4.88. The van der Waals surface area contributed by atoms with Crippen LogP contribution in [-0.2, 0) is 11.3 Å². The minimum atomic E-state index is -0.206. The van der Waals surface area contributed by atoms with Gasteiger partial charge in [0.1, 0.15) is 11.5 Å². The number of rotatable bonds is 8. The first-order chi connectivity index (χ1) is 14.5. The van der Waals surface area contributed by atoms with E-state index < -0.39 is 0 Å². The summed E-state index contributed by atoms with van der Waals surface area (Å²) in [5.41, 5.74) is 2.63. The number of methoxy groups -OCH3 is 2. The predicted octanol–water partition coefficient (Wildman–Crippen LogP) is 4.67. The molecule has 0 spiro atoms. The highest BCUT2D eigenvalue weighted by Crippen LogP contribution is 2.36. The highest BCUT2D eigenvalue weighted by Gasteiger charge is 2.16. The summed E-state index contributed by atoms with van der Waals surface area (Å²) in [6.07, 6.45) is 0. The van der Waals surface area contributed by atoms with Crippen LogP contribution < -0.4 is 14.8 Å². The molecular weight excluding hydrogens is 424 g/mol. The molecule has 1 N–H and O–H groups in total. The number of thioether (sulfide) groups is 1. The van der Waals surface area contributed by atoms with Crippen LogP contribution in [0.2, 0.25) is 5.02 Å². The van der Waals surface area contributed by atoms with Crippen LogP contribution in [0.25, 0.3) is 11.4 Å². The Balaban J connectivity index is 1.72. The monoisotopic (exact) mass is 446 g/mol. The van der Waals surface area contributed by atoms with Crippen molar-refractivity contribution in [2.45, 2.75) is 25.5 Å². The zero-order valence-electron chi connectivity index (χ0n) is 17.2. The summed E-state index contributed by atoms with van der Waals surface area (Å²) >= 11 is 7.49. The van der Waals surface area contributed by atoms with E-state index in [2.05, 4.69) is 21.6 Å². The molecule has 0 radical (unpaired) electrons. The molecule has 30 heavy (non-hydrogen) atoms. The molecule has 0 saturated heterocycles. The normalized spacial score (nSPS) is 10.7. The standard InChI is InChI=1S/C21H23ClN4O3S/c1-5-26-20(14-8-6-7-13(2)9-14)24-25-21(26)30-12-19(27)23-16-10-15(22)17(28-3)11-18(16)29-4/h6-11H,5,12H2,1-4H3,(H,23,27). The number of benzene rings is 2. The van der Waals surface area contributed by atoms with Gasteiger partial charge in [-0.15, -0.1) is 10.2 Å². The quantitative estimate of drug-likeness (QED) is 0.506. The lowest BCUT2D eigenvalue weighted by atomic mass is 10.1. The molecule has 0 atom stereocenters. The topological polar surface area (TPSA) is 78.3 Å². The van der Waals surface area contributed by atoms with Gasteiger partial charge >= 0.3 is 0 Å². The van der Waals surface area contributed by atoms with E-state index in [4.69, 9.17) is 21.1 Å². The van der Waals surface area contributed by atoms with E-state index >= 15 is 0 Å². The number of nitrogens with one attached hydrogen (secondary N) is 1. The van der Waals surface area contributed by atoms with Gasteiger partial charge < -0.3 is 19.4 Å². The number of aryl methyl sites for hydroxylation is 1. The lowest BCUT2D eigenvalue weighted by molar-refractivity contribution is -0.113. The first-order valence-corrected chi connectivity index (χ1v) is 10.7. The molecule has 0 bridgehead atoms. The largest absolute Gasteiger partial charge is 0.495 e. The van der Waals surface area contributed by atoms with Gasteiger partial charge in [0.2, 0.25) is 5.91 Å². The number of carbonyl (C=O) groups is 1. The maximum absolute atomic E-state index is 12.5. The van der Waals surface area contributed by atoms with Gasteiger partial charge in [-0.2, -0.15) is 0 Å². The van der Waals surface area contributed by atoms with Crippen molar-refractivity contribution < 1.29 is 14.3 Å². The summed E-state index contributed by atoms with van der Waals surface area (Å²) in [4.78, 5) is 12.5. The molecule has 3 aromatic rings. The molecule has 2 aromatic carbocycles. The van der Waals surface area contributed by atoms with Crippen molar-refractivity contribution in [2.24, 2.45) is 0 Å². The lowest BCUT2D eigenvalue weighted by Gasteiger charge is -2.13. The van der Waals surface area contributed by atoms with Gasteiger partial charge in [-0.1, -0.05) is 47.1 Å². The Hall–Kier alpha value is -2.71. The van der Waals surface area contributed by atoms with Crippen LogP contribution >= 0.6 is 23.4 Å². The summed E-state index contributed by atoms with van der Waals surface area (Å²) in [6.45, 7) is 4.76. The zero-order valence-corrected chi connectivity index (χ0v) is 18.8. The first kappa shape index (κ1) is 22.0. The van der Waals surface area contributed by atoms with E-state index in [0.29, 0.717) is 33.9 Å². The Morgan fingerprint density at radius 1 is 1.17 bits per heavy atom. The molecule has 0 unspecified atom stereocenters. The Bertz CT molecular complexity index is 1050. The predicted molar refractivity (Wildman–Crippen MR) is 120 cm³/mol. The smallest absolute Gasteiger partial charge is 0.234 e. The summed E-state index contributed by atoms with van der Waals surface area (Å²) in [5, 5.41) is 12.5. The molecule has 1 heterocycles. The molecule has 3 rings (SSSR count). The van der Waals surface area contributed by atoms with Gasteiger partial charge in [0.25, 0.3) is 0 Å². The van der Waals surface area contributed by atoms with Gasteiger partial charge in [-0.3, -0.25) is 4.79 Å². The third-order valence-electron chi connectivity index (χ3n) is 4.39. The number of nitrogens with zero attached hydrogens (tertiary/aromatic N) is 3. The number of hydrogen-bond donors (Lipinski definition) is 1. The van der Waals surface area contributed by atoms with Crippen LogP contribution in [0.15, 0.2) is 41.6 Å². The second kappa shape index (κ2) is 9.86. The molecule has 0 fully saturated rings. The van der Waals surface area contributed by atoms with Crippen molar-refractivity contribution in [1.82, 2.24) is 14.8 Å². The second-order valence-corrected chi connectivity index (χ2v) is 7.79. The molecule has 0 saturated carbocycles. The van der Waals surface area contributed by atoms with Gasteiger partial charge in [0, 0.05) is 18.2 Å². The van der Waals surface area contributed by atoms with Crippen LogP contribution in [0, 0.1) is 6.92 Å². The average Bonchev–Trinajstić information content (AvgIpc) is 3.15. The molecule has 1 amide bonds. The van der Waals surface area contributed by atoms with E-state index in [1.54, 1.807) is 12.1 Å². The molecule has 1 aromatic heterocycles. The molecule has 9 heteroatoms. The van der Waals surface area contributed by atoms with Crippen molar-refractivity contribution >= 4 is 35.0 Å². The van der Waals surface area contributed by atoms with Gasteiger partial charge in [-0.25, -0.2) is 0 Å². The second-order valence-electron chi connectivity index (χ2n) is 6.44. The zero-order chi connectivity index (χ0) is 21.7. The fourth-order valence-electron chi connectivity index (χ4n) is 2.95. The summed E-state index contributed by atoms with van der Waals surface area (Å²) in [5.74, 6) is 1.68. The Morgan fingerprint density at radius 3 is 2.60 bits per heavy atom. The Morgan fingerprint density at radius 2 is 1.93 bits per heavy atom. The van der Waals surface area contributed by atoms with E-state index in [0.717, 1.165) is 17.0 Å². The fourth-order valence-corrected chi connectivity index (χ4v) is 4.00. The van der Waals surface area contributed by atoms with E-state index in [1.165, 1.54) is 26.0 Å². The summed E-state index contributed by atoms with van der Waals surface area (Å²) in [6, 6.07) is 11.3. The number of hydrogen-bond acceptors (Lipinski definition) is 6. The molecular formula is C21H23ClN4O3S. The SMILES string of the molecule is CCn1c(SCC(=O)Nc2cc(Cl)c(OC)cc2OC)nnc1-c1cccc(C)c1. The minimum absolute atomic E-state index is 0.165. The van der Waals surface area contributed by atoms with E-state index in [-0.39, 0.29) is 11.7 Å². The fraction of sp³-hybridized carbons (Fsp3) is 0.286. The number of anilines is 1.